The Morgan fingerprint density at radius 2 is 2.08 bits per heavy atom. The fraction of sp³-hybridized carbons (Fsp3) is 0.688. The highest BCUT2D eigenvalue weighted by Crippen LogP contribution is 2.25. The van der Waals surface area contributed by atoms with E-state index in [2.05, 4.69) is 27.3 Å². The van der Waals surface area contributed by atoms with Crippen LogP contribution < -0.4 is 10.2 Å². The van der Waals surface area contributed by atoms with E-state index in [0.29, 0.717) is 12.5 Å². The van der Waals surface area contributed by atoms with Crippen molar-refractivity contribution in [3.63, 3.8) is 0 Å². The molecule has 0 aromatic carbocycles. The monoisotopic (exact) mass is 354 g/mol. The molecule has 0 radical (unpaired) electrons. The number of amides is 1. The van der Waals surface area contributed by atoms with E-state index in [-0.39, 0.29) is 24.1 Å². The predicted molar refractivity (Wildman–Crippen MR) is 93.6 cm³/mol. The zero-order valence-electron chi connectivity index (χ0n) is 14.5. The fourth-order valence-electron chi connectivity index (χ4n) is 3.00. The lowest BCUT2D eigenvalue weighted by Crippen LogP contribution is -2.41. The molecule has 0 saturated carbocycles. The first kappa shape index (κ1) is 18.6. The molecule has 1 aromatic rings. The van der Waals surface area contributed by atoms with Gasteiger partial charge < -0.3 is 10.2 Å². The fourth-order valence-corrected chi connectivity index (χ4v) is 3.56. The molecule has 1 N–H and O–H groups in total. The molecule has 24 heavy (non-hydrogen) atoms. The molecular weight excluding hydrogens is 328 g/mol. The Labute approximate surface area is 143 Å². The summed E-state index contributed by atoms with van der Waals surface area (Å²) in [6, 6.07) is 3.88. The van der Waals surface area contributed by atoms with Gasteiger partial charge in [-0.25, -0.2) is 8.42 Å². The second-order valence-corrected chi connectivity index (χ2v) is 8.80. The lowest BCUT2D eigenvalue weighted by Gasteiger charge is -2.19. The van der Waals surface area contributed by atoms with Crippen LogP contribution in [0, 0.1) is 12.8 Å². The molecule has 1 aliphatic rings. The maximum atomic E-state index is 12.1. The van der Waals surface area contributed by atoms with E-state index < -0.39 is 9.84 Å². The van der Waals surface area contributed by atoms with E-state index >= 15 is 0 Å². The number of hydrogen-bond acceptors (Lipinski definition) is 6. The summed E-state index contributed by atoms with van der Waals surface area (Å²) in [6.07, 6.45) is 3.20. The predicted octanol–water partition coefficient (Wildman–Crippen LogP) is 0.941. The van der Waals surface area contributed by atoms with Gasteiger partial charge in [-0.2, -0.15) is 5.10 Å². The Morgan fingerprint density at radius 3 is 2.67 bits per heavy atom. The van der Waals surface area contributed by atoms with Gasteiger partial charge in [-0.3, -0.25) is 4.79 Å². The Morgan fingerprint density at radius 1 is 1.33 bits per heavy atom. The van der Waals surface area contributed by atoms with E-state index in [1.165, 1.54) is 0 Å². The number of carbonyl (C=O) groups is 1. The summed E-state index contributed by atoms with van der Waals surface area (Å²) in [5.74, 6) is 0.829. The standard InChI is InChI=1S/C16H26N4O3S/c1-4-5-13-10-20(15-7-6-12(2)18-19-15)11-14(13)17-16(21)8-9-24(3,22)23/h6-7,13-14H,4-5,8-11H2,1-3H3,(H,17,21). The highest BCUT2D eigenvalue weighted by atomic mass is 32.2. The summed E-state index contributed by atoms with van der Waals surface area (Å²) in [6.45, 7) is 5.51. The third-order valence-electron chi connectivity index (χ3n) is 4.25. The average molecular weight is 354 g/mol. The number of nitrogens with one attached hydrogen (secondary N) is 1. The van der Waals surface area contributed by atoms with Crippen molar-refractivity contribution in [2.75, 3.05) is 30.0 Å². The molecule has 1 amide bonds. The van der Waals surface area contributed by atoms with Crippen LogP contribution in [0.4, 0.5) is 5.82 Å². The molecule has 0 bridgehead atoms. The van der Waals surface area contributed by atoms with Gasteiger partial charge in [-0.15, -0.1) is 5.10 Å². The highest BCUT2D eigenvalue weighted by Gasteiger charge is 2.33. The van der Waals surface area contributed by atoms with Gasteiger partial charge in [0.25, 0.3) is 0 Å². The van der Waals surface area contributed by atoms with E-state index in [9.17, 15) is 13.2 Å². The van der Waals surface area contributed by atoms with E-state index in [0.717, 1.165) is 37.2 Å². The zero-order valence-corrected chi connectivity index (χ0v) is 15.3. The van der Waals surface area contributed by atoms with Gasteiger partial charge in [-0.1, -0.05) is 13.3 Å². The van der Waals surface area contributed by atoms with Crippen molar-refractivity contribution in [2.45, 2.75) is 39.2 Å². The summed E-state index contributed by atoms with van der Waals surface area (Å²) in [5.41, 5.74) is 0.869. The number of nitrogens with zero attached hydrogens (tertiary/aromatic N) is 3. The highest BCUT2D eigenvalue weighted by molar-refractivity contribution is 7.90. The van der Waals surface area contributed by atoms with E-state index in [1.54, 1.807) is 0 Å². The molecule has 1 aromatic heterocycles. The summed E-state index contributed by atoms with van der Waals surface area (Å²) < 4.78 is 22.4. The van der Waals surface area contributed by atoms with Crippen LogP contribution >= 0.6 is 0 Å². The molecule has 1 aliphatic heterocycles. The molecule has 2 atom stereocenters. The largest absolute Gasteiger partial charge is 0.353 e. The third kappa shape index (κ3) is 5.43. The van der Waals surface area contributed by atoms with E-state index in [4.69, 9.17) is 0 Å². The molecule has 2 rings (SSSR count). The SMILES string of the molecule is CCCC1CN(c2ccc(C)nn2)CC1NC(=O)CCS(C)(=O)=O. The van der Waals surface area contributed by atoms with Gasteiger partial charge in [0.2, 0.25) is 5.91 Å². The van der Waals surface area contributed by atoms with Crippen molar-refractivity contribution in [2.24, 2.45) is 5.92 Å². The minimum atomic E-state index is -3.12. The minimum absolute atomic E-state index is 0.0124. The van der Waals surface area contributed by atoms with Crippen LogP contribution in [0.15, 0.2) is 12.1 Å². The lowest BCUT2D eigenvalue weighted by molar-refractivity contribution is -0.121. The van der Waals surface area contributed by atoms with Gasteiger partial charge in [-0.05, 0) is 31.4 Å². The Kier molecular flexibility index (Phi) is 6.15. The number of rotatable bonds is 7. The Balaban J connectivity index is 1.99. The van der Waals surface area contributed by atoms with Gasteiger partial charge >= 0.3 is 0 Å². The molecule has 0 spiro atoms. The van der Waals surface area contributed by atoms with Gasteiger partial charge in [0.1, 0.15) is 9.84 Å². The number of aromatic nitrogens is 2. The molecule has 2 heterocycles. The second kappa shape index (κ2) is 7.92. The van der Waals surface area contributed by atoms with Crippen LogP contribution in [0.3, 0.4) is 0 Å². The molecule has 1 saturated heterocycles. The van der Waals surface area contributed by atoms with Gasteiger partial charge in [0, 0.05) is 25.8 Å². The molecule has 7 nitrogen and oxygen atoms in total. The number of carbonyl (C=O) groups excluding carboxylic acids is 1. The van der Waals surface area contributed by atoms with Crippen molar-refractivity contribution in [3.05, 3.63) is 17.8 Å². The number of hydrogen-bond donors (Lipinski definition) is 1. The van der Waals surface area contributed by atoms with Crippen LogP contribution in [-0.4, -0.2) is 55.7 Å². The number of sulfone groups is 1. The van der Waals surface area contributed by atoms with Gasteiger partial charge in [0.15, 0.2) is 5.82 Å². The van der Waals surface area contributed by atoms with Crippen molar-refractivity contribution >= 4 is 21.6 Å². The number of aryl methyl sites for hydroxylation is 1. The maximum absolute atomic E-state index is 12.1. The first-order valence-corrected chi connectivity index (χ1v) is 10.4. The van der Waals surface area contributed by atoms with E-state index in [1.807, 2.05) is 19.1 Å². The van der Waals surface area contributed by atoms with Crippen molar-refractivity contribution in [1.82, 2.24) is 15.5 Å². The van der Waals surface area contributed by atoms with Crippen LogP contribution in [0.2, 0.25) is 0 Å². The minimum Gasteiger partial charge on any atom is -0.353 e. The summed E-state index contributed by atoms with van der Waals surface area (Å²) in [4.78, 5) is 14.2. The molecular formula is C16H26N4O3S. The summed E-state index contributed by atoms with van der Waals surface area (Å²) >= 11 is 0. The lowest BCUT2D eigenvalue weighted by atomic mass is 9.98. The molecule has 0 aliphatic carbocycles. The van der Waals surface area contributed by atoms with Crippen molar-refractivity contribution in [1.29, 1.82) is 0 Å². The molecule has 8 heteroatoms. The number of anilines is 1. The van der Waals surface area contributed by atoms with Crippen LogP contribution in [0.1, 0.15) is 31.9 Å². The maximum Gasteiger partial charge on any atom is 0.221 e. The Bertz CT molecular complexity index is 660. The first-order chi connectivity index (χ1) is 11.3. The van der Waals surface area contributed by atoms with Crippen LogP contribution in [0.5, 0.6) is 0 Å². The second-order valence-electron chi connectivity index (χ2n) is 6.54. The molecule has 1 fully saturated rings. The topological polar surface area (TPSA) is 92.3 Å². The zero-order chi connectivity index (χ0) is 17.7. The molecule has 2 unspecified atom stereocenters. The van der Waals surface area contributed by atoms with Crippen LogP contribution in [-0.2, 0) is 14.6 Å². The summed E-state index contributed by atoms with van der Waals surface area (Å²) in [5, 5.41) is 11.3. The van der Waals surface area contributed by atoms with Crippen molar-refractivity contribution in [3.8, 4) is 0 Å². The third-order valence-corrected chi connectivity index (χ3v) is 5.20. The summed E-state index contributed by atoms with van der Waals surface area (Å²) in [7, 11) is -3.12. The average Bonchev–Trinajstić information content (AvgIpc) is 2.88. The Hall–Kier alpha value is -1.70. The van der Waals surface area contributed by atoms with Crippen molar-refractivity contribution < 1.29 is 13.2 Å². The van der Waals surface area contributed by atoms with Gasteiger partial charge in [0.05, 0.1) is 17.5 Å². The molecule has 134 valence electrons. The smallest absolute Gasteiger partial charge is 0.221 e. The quantitative estimate of drug-likeness (QED) is 0.783. The first-order valence-electron chi connectivity index (χ1n) is 8.31. The van der Waals surface area contributed by atoms with Crippen LogP contribution in [0.25, 0.3) is 0 Å². The normalized spacial score (nSPS) is 21.0.